The van der Waals surface area contributed by atoms with E-state index in [-0.39, 0.29) is 11.8 Å². The Balaban J connectivity index is 2.05. The molecule has 0 radical (unpaired) electrons. The molecule has 0 bridgehead atoms. The first-order chi connectivity index (χ1) is 8.96. The SMILES string of the molecule is CC(N)Cc1ccc(N2CCCS(=O)(=O)CC2)cc1. The number of rotatable bonds is 3. The van der Waals surface area contributed by atoms with E-state index in [1.54, 1.807) is 0 Å². The van der Waals surface area contributed by atoms with Crippen LogP contribution in [0.5, 0.6) is 0 Å². The molecule has 1 aromatic rings. The van der Waals surface area contributed by atoms with Crippen molar-refractivity contribution in [3.8, 4) is 0 Å². The average molecular weight is 282 g/mol. The topological polar surface area (TPSA) is 63.4 Å². The third-order valence-electron chi connectivity index (χ3n) is 3.41. The van der Waals surface area contributed by atoms with Crippen molar-refractivity contribution < 1.29 is 8.42 Å². The maximum Gasteiger partial charge on any atom is 0.152 e. The number of hydrogen-bond acceptors (Lipinski definition) is 4. The first kappa shape index (κ1) is 14.3. The van der Waals surface area contributed by atoms with Crippen molar-refractivity contribution in [1.82, 2.24) is 0 Å². The number of sulfone groups is 1. The van der Waals surface area contributed by atoms with Crippen molar-refractivity contribution in [2.45, 2.75) is 25.8 Å². The molecule has 1 atom stereocenters. The van der Waals surface area contributed by atoms with Gasteiger partial charge in [0, 0.05) is 24.8 Å². The summed E-state index contributed by atoms with van der Waals surface area (Å²) < 4.78 is 23.2. The quantitative estimate of drug-likeness (QED) is 0.905. The van der Waals surface area contributed by atoms with Crippen LogP contribution in [-0.4, -0.2) is 39.1 Å². The lowest BCUT2D eigenvalue weighted by Gasteiger charge is -2.22. The molecule has 0 saturated carbocycles. The highest BCUT2D eigenvalue weighted by Crippen LogP contribution is 2.18. The molecule has 1 aromatic carbocycles. The van der Waals surface area contributed by atoms with Crippen LogP contribution in [0.2, 0.25) is 0 Å². The molecule has 19 heavy (non-hydrogen) atoms. The van der Waals surface area contributed by atoms with E-state index < -0.39 is 9.84 Å². The Bertz CT molecular complexity index is 509. The van der Waals surface area contributed by atoms with Gasteiger partial charge in [-0.05, 0) is 37.5 Å². The van der Waals surface area contributed by atoms with Crippen LogP contribution in [0, 0.1) is 0 Å². The molecule has 4 nitrogen and oxygen atoms in total. The molecule has 0 aliphatic carbocycles. The summed E-state index contributed by atoms with van der Waals surface area (Å²) in [6.07, 6.45) is 1.58. The summed E-state index contributed by atoms with van der Waals surface area (Å²) in [4.78, 5) is 2.15. The van der Waals surface area contributed by atoms with Gasteiger partial charge in [0.25, 0.3) is 0 Å². The van der Waals surface area contributed by atoms with Crippen molar-refractivity contribution in [2.24, 2.45) is 5.73 Å². The van der Waals surface area contributed by atoms with Crippen molar-refractivity contribution in [3.63, 3.8) is 0 Å². The van der Waals surface area contributed by atoms with Crippen LogP contribution in [0.15, 0.2) is 24.3 Å². The second-order valence-corrected chi connectivity index (χ2v) is 7.64. The zero-order valence-corrected chi connectivity index (χ0v) is 12.2. The van der Waals surface area contributed by atoms with Crippen molar-refractivity contribution >= 4 is 15.5 Å². The summed E-state index contributed by atoms with van der Waals surface area (Å²) in [6, 6.07) is 8.45. The first-order valence-electron chi connectivity index (χ1n) is 6.76. The molecule has 1 saturated heterocycles. The Morgan fingerprint density at radius 3 is 2.53 bits per heavy atom. The monoisotopic (exact) mass is 282 g/mol. The molecule has 1 unspecified atom stereocenters. The van der Waals surface area contributed by atoms with E-state index in [9.17, 15) is 8.42 Å². The first-order valence-corrected chi connectivity index (χ1v) is 8.58. The van der Waals surface area contributed by atoms with Crippen molar-refractivity contribution in [3.05, 3.63) is 29.8 Å². The zero-order chi connectivity index (χ0) is 13.9. The fourth-order valence-corrected chi connectivity index (χ4v) is 3.68. The molecule has 0 spiro atoms. The minimum atomic E-state index is -2.84. The smallest absolute Gasteiger partial charge is 0.152 e. The van der Waals surface area contributed by atoms with E-state index in [2.05, 4.69) is 29.2 Å². The van der Waals surface area contributed by atoms with Gasteiger partial charge >= 0.3 is 0 Å². The van der Waals surface area contributed by atoms with Gasteiger partial charge in [-0.1, -0.05) is 12.1 Å². The van der Waals surface area contributed by atoms with Crippen LogP contribution in [-0.2, 0) is 16.3 Å². The fourth-order valence-electron chi connectivity index (χ4n) is 2.41. The molecule has 2 N–H and O–H groups in total. The van der Waals surface area contributed by atoms with E-state index in [0.29, 0.717) is 18.7 Å². The van der Waals surface area contributed by atoms with Crippen LogP contribution >= 0.6 is 0 Å². The molecular formula is C14H22N2O2S. The number of anilines is 1. The van der Waals surface area contributed by atoms with Crippen molar-refractivity contribution in [2.75, 3.05) is 29.5 Å². The van der Waals surface area contributed by atoms with E-state index in [4.69, 9.17) is 5.73 Å². The predicted octanol–water partition coefficient (Wildman–Crippen LogP) is 1.20. The van der Waals surface area contributed by atoms with E-state index in [1.807, 2.05) is 6.92 Å². The van der Waals surface area contributed by atoms with Gasteiger partial charge in [-0.3, -0.25) is 0 Å². The molecule has 0 aromatic heterocycles. The highest BCUT2D eigenvalue weighted by atomic mass is 32.2. The standard InChI is InChI=1S/C14H22N2O2S/c1-12(15)11-13-3-5-14(6-4-13)16-7-2-9-19(17,18)10-8-16/h3-6,12H,2,7-11,15H2,1H3. The number of benzene rings is 1. The van der Waals surface area contributed by atoms with E-state index in [0.717, 1.165) is 18.7 Å². The van der Waals surface area contributed by atoms with Gasteiger partial charge in [-0.15, -0.1) is 0 Å². The Morgan fingerprint density at radius 1 is 1.21 bits per heavy atom. The van der Waals surface area contributed by atoms with Gasteiger partial charge in [0.2, 0.25) is 0 Å². The minimum Gasteiger partial charge on any atom is -0.370 e. The van der Waals surface area contributed by atoms with E-state index in [1.165, 1.54) is 5.56 Å². The minimum absolute atomic E-state index is 0.161. The van der Waals surface area contributed by atoms with Gasteiger partial charge in [-0.25, -0.2) is 8.42 Å². The fraction of sp³-hybridized carbons (Fsp3) is 0.571. The van der Waals surface area contributed by atoms with Crippen LogP contribution in [0.25, 0.3) is 0 Å². The van der Waals surface area contributed by atoms with Gasteiger partial charge in [0.15, 0.2) is 9.84 Å². The molecule has 1 aliphatic heterocycles. The van der Waals surface area contributed by atoms with Gasteiger partial charge < -0.3 is 10.6 Å². The highest BCUT2D eigenvalue weighted by Gasteiger charge is 2.19. The largest absolute Gasteiger partial charge is 0.370 e. The second-order valence-electron chi connectivity index (χ2n) is 5.34. The number of nitrogens with zero attached hydrogens (tertiary/aromatic N) is 1. The Hall–Kier alpha value is -1.07. The maximum atomic E-state index is 11.6. The van der Waals surface area contributed by atoms with Crippen LogP contribution < -0.4 is 10.6 Å². The van der Waals surface area contributed by atoms with Gasteiger partial charge in [0.05, 0.1) is 11.5 Å². The molecule has 0 amide bonds. The average Bonchev–Trinajstić information content (AvgIpc) is 2.51. The summed E-state index contributed by atoms with van der Waals surface area (Å²) in [5, 5.41) is 0. The number of nitrogens with two attached hydrogens (primary N) is 1. The second kappa shape index (κ2) is 5.92. The summed E-state index contributed by atoms with van der Waals surface area (Å²) in [5.74, 6) is 0.570. The lowest BCUT2D eigenvalue weighted by Crippen LogP contribution is -2.26. The van der Waals surface area contributed by atoms with Gasteiger partial charge in [-0.2, -0.15) is 0 Å². The molecule has 2 rings (SSSR count). The predicted molar refractivity (Wildman–Crippen MR) is 79.3 cm³/mol. The lowest BCUT2D eigenvalue weighted by molar-refractivity contribution is 0.597. The van der Waals surface area contributed by atoms with Gasteiger partial charge in [0.1, 0.15) is 0 Å². The molecular weight excluding hydrogens is 260 g/mol. The van der Waals surface area contributed by atoms with Crippen LogP contribution in [0.4, 0.5) is 5.69 Å². The van der Waals surface area contributed by atoms with Crippen LogP contribution in [0.3, 0.4) is 0 Å². The Kier molecular flexibility index (Phi) is 4.47. The summed E-state index contributed by atoms with van der Waals surface area (Å²) in [6.45, 7) is 3.40. The maximum absolute atomic E-state index is 11.6. The molecule has 106 valence electrons. The van der Waals surface area contributed by atoms with E-state index >= 15 is 0 Å². The third-order valence-corrected chi connectivity index (χ3v) is 5.13. The number of hydrogen-bond donors (Lipinski definition) is 1. The molecule has 1 fully saturated rings. The third kappa shape index (κ3) is 4.21. The summed E-state index contributed by atoms with van der Waals surface area (Å²) in [5.41, 5.74) is 8.10. The summed E-state index contributed by atoms with van der Waals surface area (Å²) in [7, 11) is -2.84. The molecule has 1 aliphatic rings. The lowest BCUT2D eigenvalue weighted by atomic mass is 10.1. The highest BCUT2D eigenvalue weighted by molar-refractivity contribution is 7.91. The van der Waals surface area contributed by atoms with Crippen LogP contribution in [0.1, 0.15) is 18.9 Å². The summed E-state index contributed by atoms with van der Waals surface area (Å²) >= 11 is 0. The zero-order valence-electron chi connectivity index (χ0n) is 11.4. The molecule has 5 heteroatoms. The van der Waals surface area contributed by atoms with Crippen molar-refractivity contribution in [1.29, 1.82) is 0 Å². The molecule has 1 heterocycles. The Labute approximate surface area is 115 Å². The Morgan fingerprint density at radius 2 is 1.89 bits per heavy atom. The normalized spacial score (nSPS) is 20.8.